The first-order valence-electron chi connectivity index (χ1n) is 5.87. The smallest absolute Gasteiger partial charge is 0.350 e. The van der Waals surface area contributed by atoms with Crippen LogP contribution in [0, 0.1) is 0 Å². The zero-order valence-electron chi connectivity index (χ0n) is 10.8. The number of rotatable bonds is 4. The molecule has 0 unspecified atom stereocenters. The van der Waals surface area contributed by atoms with E-state index >= 15 is 0 Å². The summed E-state index contributed by atoms with van der Waals surface area (Å²) in [4.78, 5) is 30.9. The Balaban J connectivity index is 2.31. The number of nitrogen functional groups attached to an aromatic ring is 1. The molecule has 8 heteroatoms. The van der Waals surface area contributed by atoms with Crippen LogP contribution in [0.3, 0.4) is 0 Å². The minimum Gasteiger partial charge on any atom is -0.466 e. The molecule has 2 N–H and O–H groups in total. The van der Waals surface area contributed by atoms with E-state index in [0.717, 1.165) is 0 Å². The molecule has 0 aromatic carbocycles. The van der Waals surface area contributed by atoms with Gasteiger partial charge in [-0.2, -0.15) is 4.98 Å². The monoisotopic (exact) mass is 265 g/mol. The Labute approximate surface area is 108 Å². The molecule has 0 atom stereocenters. The van der Waals surface area contributed by atoms with Crippen LogP contribution in [0.4, 0.5) is 5.82 Å². The Bertz CT molecular complexity index is 673. The molecule has 0 bridgehead atoms. The van der Waals surface area contributed by atoms with Crippen molar-refractivity contribution in [1.82, 2.24) is 19.1 Å². The van der Waals surface area contributed by atoms with E-state index < -0.39 is 5.69 Å². The molecule has 8 nitrogen and oxygen atoms in total. The average molecular weight is 265 g/mol. The lowest BCUT2D eigenvalue weighted by Gasteiger charge is -2.05. The number of carbonyl (C=O) groups excluding carboxylic acids is 1. The van der Waals surface area contributed by atoms with Crippen LogP contribution in [-0.2, 0) is 23.1 Å². The van der Waals surface area contributed by atoms with E-state index in [1.807, 2.05) is 0 Å². The van der Waals surface area contributed by atoms with Crippen LogP contribution in [0.1, 0.15) is 13.3 Å². The third-order valence-electron chi connectivity index (χ3n) is 2.76. The van der Waals surface area contributed by atoms with Gasteiger partial charge in [0.05, 0.1) is 19.4 Å². The van der Waals surface area contributed by atoms with E-state index in [1.54, 1.807) is 11.5 Å². The molecule has 0 aliphatic heterocycles. The Morgan fingerprint density at radius 3 is 2.95 bits per heavy atom. The van der Waals surface area contributed by atoms with Crippen molar-refractivity contribution in [1.29, 1.82) is 0 Å². The zero-order valence-corrected chi connectivity index (χ0v) is 10.8. The summed E-state index contributed by atoms with van der Waals surface area (Å²) in [5, 5.41) is 0. The van der Waals surface area contributed by atoms with Gasteiger partial charge in [-0.25, -0.2) is 9.78 Å². The second-order valence-corrected chi connectivity index (χ2v) is 4.00. The summed E-state index contributed by atoms with van der Waals surface area (Å²) in [6.45, 7) is 2.43. The standard InChI is InChI=1S/C11H15N5O3/c1-3-19-7(17)4-5-16-6-13-8-9(12)15(2)11(18)14-10(8)16/h6H,3-5,12H2,1-2H3. The molecular formula is C11H15N5O3. The highest BCUT2D eigenvalue weighted by atomic mass is 16.5. The van der Waals surface area contributed by atoms with Crippen molar-refractivity contribution in [2.24, 2.45) is 7.05 Å². The number of nitrogens with zero attached hydrogens (tertiary/aromatic N) is 4. The molecular weight excluding hydrogens is 250 g/mol. The fraction of sp³-hybridized carbons (Fsp3) is 0.455. The van der Waals surface area contributed by atoms with Gasteiger partial charge in [-0.15, -0.1) is 0 Å². The van der Waals surface area contributed by atoms with Gasteiger partial charge in [0, 0.05) is 13.6 Å². The normalized spacial score (nSPS) is 10.8. The van der Waals surface area contributed by atoms with Gasteiger partial charge in [0.1, 0.15) is 11.3 Å². The van der Waals surface area contributed by atoms with Gasteiger partial charge < -0.3 is 15.0 Å². The van der Waals surface area contributed by atoms with Crippen LogP contribution in [0.25, 0.3) is 11.2 Å². The van der Waals surface area contributed by atoms with Gasteiger partial charge in [-0.05, 0) is 6.92 Å². The lowest BCUT2D eigenvalue weighted by atomic mass is 10.4. The highest BCUT2D eigenvalue weighted by Gasteiger charge is 2.12. The second kappa shape index (κ2) is 5.09. The Morgan fingerprint density at radius 1 is 1.53 bits per heavy atom. The SMILES string of the molecule is CCOC(=O)CCn1cnc2c(N)n(C)c(=O)nc21. The number of fused-ring (bicyclic) bond motifs is 1. The summed E-state index contributed by atoms with van der Waals surface area (Å²) >= 11 is 0. The maximum Gasteiger partial charge on any atom is 0.350 e. The number of anilines is 1. The molecule has 102 valence electrons. The van der Waals surface area contributed by atoms with Crippen LogP contribution in [0.2, 0.25) is 0 Å². The van der Waals surface area contributed by atoms with Gasteiger partial charge in [0.2, 0.25) is 0 Å². The lowest BCUT2D eigenvalue weighted by Crippen LogP contribution is -2.23. The van der Waals surface area contributed by atoms with Crippen LogP contribution >= 0.6 is 0 Å². The maximum absolute atomic E-state index is 11.6. The van der Waals surface area contributed by atoms with Gasteiger partial charge in [0.25, 0.3) is 0 Å². The Morgan fingerprint density at radius 2 is 2.26 bits per heavy atom. The largest absolute Gasteiger partial charge is 0.466 e. The van der Waals surface area contributed by atoms with E-state index in [9.17, 15) is 9.59 Å². The number of aryl methyl sites for hydroxylation is 1. The first-order valence-corrected chi connectivity index (χ1v) is 5.87. The molecule has 2 aromatic rings. The zero-order chi connectivity index (χ0) is 14.0. The summed E-state index contributed by atoms with van der Waals surface area (Å²) in [6.07, 6.45) is 1.70. The van der Waals surface area contributed by atoms with Crippen LogP contribution in [-0.4, -0.2) is 31.7 Å². The molecule has 0 saturated carbocycles. The van der Waals surface area contributed by atoms with Crippen molar-refractivity contribution in [3.05, 3.63) is 16.8 Å². The highest BCUT2D eigenvalue weighted by molar-refractivity contribution is 5.81. The predicted molar refractivity (Wildman–Crippen MR) is 68.4 cm³/mol. The number of ether oxygens (including phenoxy) is 1. The van der Waals surface area contributed by atoms with E-state index in [2.05, 4.69) is 9.97 Å². The summed E-state index contributed by atoms with van der Waals surface area (Å²) in [5.74, 6) is -0.0500. The second-order valence-electron chi connectivity index (χ2n) is 4.00. The molecule has 0 amide bonds. The molecule has 2 rings (SSSR count). The molecule has 0 aliphatic rings. The number of hydrogen-bond donors (Lipinski definition) is 1. The molecule has 0 aliphatic carbocycles. The fourth-order valence-electron chi connectivity index (χ4n) is 1.71. The molecule has 0 radical (unpaired) electrons. The predicted octanol–water partition coefficient (Wildman–Crippen LogP) is -0.335. The molecule has 0 saturated heterocycles. The summed E-state index contributed by atoms with van der Waals surface area (Å²) in [7, 11) is 1.53. The van der Waals surface area contributed by atoms with Crippen molar-refractivity contribution in [2.75, 3.05) is 12.3 Å². The molecule has 2 heterocycles. The quantitative estimate of drug-likeness (QED) is 0.758. The van der Waals surface area contributed by atoms with E-state index in [1.165, 1.54) is 17.9 Å². The number of carbonyl (C=O) groups is 1. The van der Waals surface area contributed by atoms with Crippen molar-refractivity contribution in [2.45, 2.75) is 19.9 Å². The van der Waals surface area contributed by atoms with Crippen LogP contribution in [0.5, 0.6) is 0 Å². The van der Waals surface area contributed by atoms with E-state index in [-0.39, 0.29) is 18.2 Å². The molecule has 2 aromatic heterocycles. The number of nitrogens with two attached hydrogens (primary N) is 1. The van der Waals surface area contributed by atoms with Gasteiger partial charge in [0.15, 0.2) is 5.65 Å². The van der Waals surface area contributed by atoms with Gasteiger partial charge >= 0.3 is 11.7 Å². The van der Waals surface area contributed by atoms with Crippen molar-refractivity contribution < 1.29 is 9.53 Å². The van der Waals surface area contributed by atoms with Crippen molar-refractivity contribution in [3.63, 3.8) is 0 Å². The molecule has 0 spiro atoms. The van der Waals surface area contributed by atoms with Crippen molar-refractivity contribution >= 4 is 23.0 Å². The van der Waals surface area contributed by atoms with E-state index in [0.29, 0.717) is 24.3 Å². The third kappa shape index (κ3) is 2.42. The van der Waals surface area contributed by atoms with Gasteiger partial charge in [-0.3, -0.25) is 9.36 Å². The number of imidazole rings is 1. The molecule has 19 heavy (non-hydrogen) atoms. The van der Waals surface area contributed by atoms with E-state index in [4.69, 9.17) is 10.5 Å². The summed E-state index contributed by atoms with van der Waals surface area (Å²) in [6, 6.07) is 0. The first kappa shape index (κ1) is 13.1. The number of aromatic nitrogens is 4. The average Bonchev–Trinajstić information content (AvgIpc) is 2.77. The van der Waals surface area contributed by atoms with Crippen LogP contribution < -0.4 is 11.4 Å². The maximum atomic E-state index is 11.6. The first-order chi connectivity index (χ1) is 9.04. The summed E-state index contributed by atoms with van der Waals surface area (Å²) < 4.78 is 7.68. The third-order valence-corrected chi connectivity index (χ3v) is 2.76. The fourth-order valence-corrected chi connectivity index (χ4v) is 1.71. The van der Waals surface area contributed by atoms with Crippen LogP contribution in [0.15, 0.2) is 11.1 Å². The van der Waals surface area contributed by atoms with Crippen molar-refractivity contribution in [3.8, 4) is 0 Å². The highest BCUT2D eigenvalue weighted by Crippen LogP contribution is 2.14. The summed E-state index contributed by atoms with van der Waals surface area (Å²) in [5.41, 5.74) is 6.17. The number of esters is 1. The topological polar surface area (TPSA) is 105 Å². The number of hydrogen-bond acceptors (Lipinski definition) is 6. The molecule has 0 fully saturated rings. The Hall–Kier alpha value is -2.38. The minimum atomic E-state index is -0.456. The lowest BCUT2D eigenvalue weighted by molar-refractivity contribution is -0.143. The van der Waals surface area contributed by atoms with Gasteiger partial charge in [-0.1, -0.05) is 0 Å². The minimum absolute atomic E-state index is 0.191. The Kier molecular flexibility index (Phi) is 3.50.